The molecule has 4 nitrogen and oxygen atoms in total. The lowest BCUT2D eigenvalue weighted by Crippen LogP contribution is -2.46. The second kappa shape index (κ2) is 7.31. The fourth-order valence-corrected chi connectivity index (χ4v) is 4.78. The van der Waals surface area contributed by atoms with Gasteiger partial charge in [-0.1, -0.05) is 6.92 Å². The summed E-state index contributed by atoms with van der Waals surface area (Å²) in [6, 6.07) is 1.86. The molecule has 3 aliphatic rings. The number of hydrogen-bond donors (Lipinski definition) is 1. The van der Waals surface area contributed by atoms with Crippen LogP contribution in [0.25, 0.3) is 0 Å². The monoisotopic (exact) mass is 307 g/mol. The van der Waals surface area contributed by atoms with E-state index in [0.717, 1.165) is 32.4 Å². The molecule has 0 aliphatic carbocycles. The Morgan fingerprint density at radius 1 is 1.14 bits per heavy atom. The van der Waals surface area contributed by atoms with E-state index >= 15 is 0 Å². The minimum atomic E-state index is 0.389. The van der Waals surface area contributed by atoms with E-state index in [2.05, 4.69) is 22.0 Å². The first kappa shape index (κ1) is 16.3. The van der Waals surface area contributed by atoms with Gasteiger partial charge in [-0.2, -0.15) is 0 Å². The molecule has 0 radical (unpaired) electrons. The molecule has 3 rings (SSSR count). The summed E-state index contributed by atoms with van der Waals surface area (Å²) < 4.78 is 0. The van der Waals surface area contributed by atoms with Gasteiger partial charge in [-0.3, -0.25) is 4.79 Å². The molecule has 0 saturated carbocycles. The SMILES string of the molecule is CCCN1CCC(N(C)C(=O)CC2CC3CCC(C2)N3)CC1. The van der Waals surface area contributed by atoms with Crippen molar-refractivity contribution in [1.82, 2.24) is 15.1 Å². The molecule has 126 valence electrons. The van der Waals surface area contributed by atoms with Gasteiger partial charge in [0.15, 0.2) is 0 Å². The number of carbonyl (C=O) groups is 1. The maximum atomic E-state index is 12.6. The van der Waals surface area contributed by atoms with E-state index in [0.29, 0.717) is 30.0 Å². The molecule has 3 fully saturated rings. The van der Waals surface area contributed by atoms with Crippen LogP contribution >= 0.6 is 0 Å². The maximum Gasteiger partial charge on any atom is 0.222 e. The predicted molar refractivity (Wildman–Crippen MR) is 89.8 cm³/mol. The molecule has 22 heavy (non-hydrogen) atoms. The predicted octanol–water partition coefficient (Wildman–Crippen LogP) is 2.24. The number of nitrogens with zero attached hydrogens (tertiary/aromatic N) is 2. The lowest BCUT2D eigenvalue weighted by Gasteiger charge is -2.37. The van der Waals surface area contributed by atoms with E-state index < -0.39 is 0 Å². The number of amides is 1. The van der Waals surface area contributed by atoms with Gasteiger partial charge >= 0.3 is 0 Å². The molecule has 0 spiro atoms. The summed E-state index contributed by atoms with van der Waals surface area (Å²) in [4.78, 5) is 17.3. The zero-order valence-electron chi connectivity index (χ0n) is 14.4. The molecule has 2 bridgehead atoms. The molecular weight excluding hydrogens is 274 g/mol. The normalized spacial score (nSPS) is 33.1. The number of nitrogens with one attached hydrogen (secondary N) is 1. The number of carbonyl (C=O) groups excluding carboxylic acids is 1. The molecular formula is C18H33N3O. The Morgan fingerprint density at radius 2 is 1.77 bits per heavy atom. The van der Waals surface area contributed by atoms with E-state index in [1.807, 2.05) is 7.05 Å². The van der Waals surface area contributed by atoms with E-state index in [1.165, 1.54) is 38.6 Å². The standard InChI is InChI=1S/C18H33N3O/c1-3-8-21-9-6-17(7-10-21)20(2)18(22)13-14-11-15-4-5-16(12-14)19-15/h14-17,19H,3-13H2,1-2H3. The molecule has 1 N–H and O–H groups in total. The van der Waals surface area contributed by atoms with Crippen LogP contribution < -0.4 is 5.32 Å². The van der Waals surface area contributed by atoms with Crippen molar-refractivity contribution in [3.05, 3.63) is 0 Å². The van der Waals surface area contributed by atoms with Crippen molar-refractivity contribution in [2.75, 3.05) is 26.7 Å². The number of hydrogen-bond acceptors (Lipinski definition) is 3. The van der Waals surface area contributed by atoms with Crippen molar-refractivity contribution in [3.8, 4) is 0 Å². The van der Waals surface area contributed by atoms with Gasteiger partial charge in [0.25, 0.3) is 0 Å². The number of piperidine rings is 2. The fraction of sp³-hybridized carbons (Fsp3) is 0.944. The molecule has 3 saturated heterocycles. The van der Waals surface area contributed by atoms with Crippen molar-refractivity contribution in [1.29, 1.82) is 0 Å². The minimum absolute atomic E-state index is 0.389. The summed E-state index contributed by atoms with van der Waals surface area (Å²) in [6.45, 7) is 5.78. The van der Waals surface area contributed by atoms with Crippen molar-refractivity contribution < 1.29 is 4.79 Å². The summed E-state index contributed by atoms with van der Waals surface area (Å²) in [5.41, 5.74) is 0. The number of rotatable bonds is 5. The molecule has 0 aromatic rings. The second-order valence-corrected chi connectivity index (χ2v) is 7.76. The van der Waals surface area contributed by atoms with Gasteiger partial charge in [-0.15, -0.1) is 0 Å². The molecule has 0 aromatic heterocycles. The van der Waals surface area contributed by atoms with Crippen LogP contribution in [0.15, 0.2) is 0 Å². The average Bonchev–Trinajstić information content (AvgIpc) is 2.86. The molecule has 4 heteroatoms. The highest BCUT2D eigenvalue weighted by molar-refractivity contribution is 5.76. The third-order valence-corrected chi connectivity index (χ3v) is 6.07. The van der Waals surface area contributed by atoms with Gasteiger partial charge in [-0.05, 0) is 57.4 Å². The smallest absolute Gasteiger partial charge is 0.222 e. The first-order chi connectivity index (χ1) is 10.7. The van der Waals surface area contributed by atoms with Crippen molar-refractivity contribution in [2.24, 2.45) is 5.92 Å². The van der Waals surface area contributed by atoms with Crippen LogP contribution in [0.2, 0.25) is 0 Å². The van der Waals surface area contributed by atoms with E-state index in [4.69, 9.17) is 0 Å². The molecule has 2 unspecified atom stereocenters. The zero-order chi connectivity index (χ0) is 15.5. The minimum Gasteiger partial charge on any atom is -0.343 e. The van der Waals surface area contributed by atoms with E-state index in [9.17, 15) is 4.79 Å². The Balaban J connectivity index is 1.44. The van der Waals surface area contributed by atoms with Gasteiger partial charge in [0, 0.05) is 44.7 Å². The van der Waals surface area contributed by atoms with Crippen molar-refractivity contribution >= 4 is 5.91 Å². The fourth-order valence-electron chi connectivity index (χ4n) is 4.78. The van der Waals surface area contributed by atoms with Crippen LogP contribution in [0.4, 0.5) is 0 Å². The highest BCUT2D eigenvalue weighted by atomic mass is 16.2. The largest absolute Gasteiger partial charge is 0.343 e. The lowest BCUT2D eigenvalue weighted by molar-refractivity contribution is -0.134. The van der Waals surface area contributed by atoms with E-state index in [-0.39, 0.29) is 0 Å². The second-order valence-electron chi connectivity index (χ2n) is 7.76. The number of likely N-dealkylation sites (tertiary alicyclic amines) is 1. The molecule has 3 heterocycles. The van der Waals surface area contributed by atoms with Crippen LogP contribution in [-0.4, -0.2) is 60.5 Å². The van der Waals surface area contributed by atoms with Gasteiger partial charge < -0.3 is 15.1 Å². The summed E-state index contributed by atoms with van der Waals surface area (Å²) in [7, 11) is 2.04. The van der Waals surface area contributed by atoms with Gasteiger partial charge in [-0.25, -0.2) is 0 Å². The van der Waals surface area contributed by atoms with Gasteiger partial charge in [0.2, 0.25) is 5.91 Å². The Kier molecular flexibility index (Phi) is 5.40. The lowest BCUT2D eigenvalue weighted by atomic mass is 9.89. The molecule has 0 aromatic carbocycles. The summed E-state index contributed by atoms with van der Waals surface area (Å²) in [5.74, 6) is 1.01. The Bertz CT molecular complexity index is 367. The quantitative estimate of drug-likeness (QED) is 0.846. The number of fused-ring (bicyclic) bond motifs is 2. The molecule has 2 atom stereocenters. The molecule has 3 aliphatic heterocycles. The Labute approximate surface area is 135 Å². The van der Waals surface area contributed by atoms with Gasteiger partial charge in [0.05, 0.1) is 0 Å². The summed E-state index contributed by atoms with van der Waals surface area (Å²) in [5, 5.41) is 3.67. The first-order valence-electron chi connectivity index (χ1n) is 9.39. The summed E-state index contributed by atoms with van der Waals surface area (Å²) >= 11 is 0. The van der Waals surface area contributed by atoms with Crippen molar-refractivity contribution in [3.63, 3.8) is 0 Å². The third-order valence-electron chi connectivity index (χ3n) is 6.07. The molecule has 1 amide bonds. The van der Waals surface area contributed by atoms with Crippen molar-refractivity contribution in [2.45, 2.75) is 76.4 Å². The zero-order valence-corrected chi connectivity index (χ0v) is 14.4. The van der Waals surface area contributed by atoms with Crippen LogP contribution in [0.3, 0.4) is 0 Å². The van der Waals surface area contributed by atoms with Crippen LogP contribution in [0.1, 0.15) is 58.3 Å². The highest BCUT2D eigenvalue weighted by Crippen LogP contribution is 2.33. The maximum absolute atomic E-state index is 12.6. The Hall–Kier alpha value is -0.610. The average molecular weight is 307 g/mol. The van der Waals surface area contributed by atoms with E-state index in [1.54, 1.807) is 0 Å². The van der Waals surface area contributed by atoms with Gasteiger partial charge in [0.1, 0.15) is 0 Å². The highest BCUT2D eigenvalue weighted by Gasteiger charge is 2.35. The topological polar surface area (TPSA) is 35.6 Å². The third kappa shape index (κ3) is 3.83. The Morgan fingerprint density at radius 3 is 2.36 bits per heavy atom. The van der Waals surface area contributed by atoms with Crippen LogP contribution in [0, 0.1) is 5.92 Å². The first-order valence-corrected chi connectivity index (χ1v) is 9.39. The van der Waals surface area contributed by atoms with Crippen LogP contribution in [-0.2, 0) is 4.79 Å². The summed E-state index contributed by atoms with van der Waals surface area (Å²) in [6.07, 6.45) is 9.38. The van der Waals surface area contributed by atoms with Crippen LogP contribution in [0.5, 0.6) is 0 Å².